The molecular weight excluding hydrogens is 300 g/mol. The highest BCUT2D eigenvalue weighted by atomic mass is 16.5. The Morgan fingerprint density at radius 1 is 1.52 bits per heavy atom. The van der Waals surface area contributed by atoms with Crippen LogP contribution in [0.5, 0.6) is 0 Å². The van der Waals surface area contributed by atoms with Gasteiger partial charge in [0.15, 0.2) is 11.5 Å². The largest absolute Gasteiger partial charge is 0.388 e. The van der Waals surface area contributed by atoms with Gasteiger partial charge >= 0.3 is 0 Å². The number of hydrogen-bond acceptors (Lipinski definition) is 6. The lowest BCUT2D eigenvalue weighted by atomic mass is 9.90. The molecule has 0 saturated carbocycles. The van der Waals surface area contributed by atoms with E-state index in [1.165, 1.54) is 4.90 Å². The summed E-state index contributed by atoms with van der Waals surface area (Å²) < 4.78 is 6.97. The molecule has 2 aromatic rings. The molecule has 23 heavy (non-hydrogen) atoms. The molecule has 0 bridgehead atoms. The number of β-amino-alcohol motifs (C(OH)–C–C–N with tert-alkyl or cyclic N) is 1. The zero-order chi connectivity index (χ0) is 16.8. The van der Waals surface area contributed by atoms with Gasteiger partial charge in [-0.25, -0.2) is 0 Å². The summed E-state index contributed by atoms with van der Waals surface area (Å²) >= 11 is 0. The third kappa shape index (κ3) is 2.75. The second kappa shape index (κ2) is 5.47. The summed E-state index contributed by atoms with van der Waals surface area (Å²) in [6.45, 7) is 3.89. The lowest BCUT2D eigenvalue weighted by Crippen LogP contribution is -2.55. The number of aliphatic hydroxyl groups is 2. The normalized spacial score (nSPS) is 24.9. The molecule has 0 aromatic carbocycles. The van der Waals surface area contributed by atoms with Gasteiger partial charge in [-0.05, 0) is 20.3 Å². The number of rotatable bonds is 2. The quantitative estimate of drug-likeness (QED) is 0.827. The molecule has 1 aliphatic rings. The molecule has 3 heterocycles. The van der Waals surface area contributed by atoms with Crippen LogP contribution in [-0.4, -0.2) is 60.8 Å². The Morgan fingerprint density at radius 2 is 2.26 bits per heavy atom. The molecule has 124 valence electrons. The average molecular weight is 320 g/mol. The fourth-order valence-corrected chi connectivity index (χ4v) is 2.61. The summed E-state index contributed by atoms with van der Waals surface area (Å²) in [7, 11) is 1.82. The Hall–Kier alpha value is -2.19. The van der Waals surface area contributed by atoms with Crippen LogP contribution in [0.3, 0.4) is 0 Å². The molecule has 3 rings (SSSR count). The number of aryl methyl sites for hydroxylation is 1. The molecule has 2 atom stereocenters. The van der Waals surface area contributed by atoms with Crippen LogP contribution in [0.1, 0.15) is 29.5 Å². The lowest BCUT2D eigenvalue weighted by Gasteiger charge is -2.39. The molecule has 2 aromatic heterocycles. The van der Waals surface area contributed by atoms with Crippen molar-refractivity contribution in [2.24, 2.45) is 7.05 Å². The zero-order valence-electron chi connectivity index (χ0n) is 13.4. The van der Waals surface area contributed by atoms with Crippen LogP contribution in [0.15, 0.2) is 16.8 Å². The van der Waals surface area contributed by atoms with Crippen molar-refractivity contribution in [3.63, 3.8) is 0 Å². The van der Waals surface area contributed by atoms with E-state index in [4.69, 9.17) is 4.52 Å². The van der Waals surface area contributed by atoms with E-state index in [9.17, 15) is 15.0 Å². The number of piperidine rings is 1. The summed E-state index contributed by atoms with van der Waals surface area (Å²) in [5.41, 5.74) is 0.695. The van der Waals surface area contributed by atoms with Crippen LogP contribution >= 0.6 is 0 Å². The third-order valence-corrected chi connectivity index (χ3v) is 4.52. The second-order valence-corrected chi connectivity index (χ2v) is 6.22. The Kier molecular flexibility index (Phi) is 3.73. The van der Waals surface area contributed by atoms with E-state index in [2.05, 4.69) is 10.3 Å². The Balaban J connectivity index is 1.78. The predicted molar refractivity (Wildman–Crippen MR) is 80.6 cm³/mol. The minimum atomic E-state index is -1.17. The number of aliphatic hydroxyl groups excluding tert-OH is 1. The molecule has 2 N–H and O–H groups in total. The minimum absolute atomic E-state index is 0.0694. The van der Waals surface area contributed by atoms with Gasteiger partial charge in [-0.15, -0.1) is 0 Å². The Labute approximate surface area is 133 Å². The van der Waals surface area contributed by atoms with Crippen LogP contribution in [0.25, 0.3) is 11.3 Å². The summed E-state index contributed by atoms with van der Waals surface area (Å²) in [6, 6.07) is 1.57. The van der Waals surface area contributed by atoms with Gasteiger partial charge in [0.25, 0.3) is 5.91 Å². The molecule has 0 aliphatic carbocycles. The maximum absolute atomic E-state index is 12.5. The number of nitrogens with zero attached hydrogens (tertiary/aromatic N) is 4. The van der Waals surface area contributed by atoms with Gasteiger partial charge in [-0.2, -0.15) is 5.10 Å². The lowest BCUT2D eigenvalue weighted by molar-refractivity contribution is -0.1000. The summed E-state index contributed by atoms with van der Waals surface area (Å²) in [5.74, 6) is 0.152. The van der Waals surface area contributed by atoms with Gasteiger partial charge in [-0.3, -0.25) is 9.48 Å². The highest BCUT2D eigenvalue weighted by Crippen LogP contribution is 2.26. The molecule has 1 saturated heterocycles. The molecule has 1 aliphatic heterocycles. The molecular formula is C15H20N4O4. The van der Waals surface area contributed by atoms with Crippen molar-refractivity contribution in [3.05, 3.63) is 23.7 Å². The van der Waals surface area contributed by atoms with E-state index in [0.29, 0.717) is 18.7 Å². The van der Waals surface area contributed by atoms with E-state index in [0.717, 1.165) is 11.3 Å². The maximum atomic E-state index is 12.5. The van der Waals surface area contributed by atoms with Crippen molar-refractivity contribution in [3.8, 4) is 11.3 Å². The van der Waals surface area contributed by atoms with Crippen LogP contribution in [0.4, 0.5) is 0 Å². The van der Waals surface area contributed by atoms with Crippen molar-refractivity contribution < 1.29 is 19.5 Å². The maximum Gasteiger partial charge on any atom is 0.276 e. The fourth-order valence-electron chi connectivity index (χ4n) is 2.61. The van der Waals surface area contributed by atoms with Crippen LogP contribution in [-0.2, 0) is 7.05 Å². The first-order valence-electron chi connectivity index (χ1n) is 7.45. The van der Waals surface area contributed by atoms with Crippen LogP contribution in [0.2, 0.25) is 0 Å². The molecule has 0 unspecified atom stereocenters. The van der Waals surface area contributed by atoms with Crippen molar-refractivity contribution in [2.75, 3.05) is 13.1 Å². The number of aromatic nitrogens is 3. The van der Waals surface area contributed by atoms with Crippen LogP contribution in [0, 0.1) is 6.92 Å². The predicted octanol–water partition coefficient (Wildman–Crippen LogP) is 0.341. The van der Waals surface area contributed by atoms with Gasteiger partial charge in [0.1, 0.15) is 0 Å². The van der Waals surface area contributed by atoms with Crippen molar-refractivity contribution in [2.45, 2.75) is 32.0 Å². The number of likely N-dealkylation sites (tertiary alicyclic amines) is 1. The van der Waals surface area contributed by atoms with Gasteiger partial charge in [0.05, 0.1) is 23.5 Å². The zero-order valence-corrected chi connectivity index (χ0v) is 13.4. The topological polar surface area (TPSA) is 105 Å². The minimum Gasteiger partial charge on any atom is -0.388 e. The number of hydrogen-bond donors (Lipinski definition) is 2. The standard InChI is InChI=1S/C15H20N4O4/c1-9-10(7-16-18(9)3)12-6-11(17-23-12)14(21)19-5-4-15(2,22)13(20)8-19/h6-7,13,20,22H,4-5,8H2,1-3H3/t13-,15-/m1/s1. The molecule has 1 amide bonds. The van der Waals surface area contributed by atoms with Crippen molar-refractivity contribution in [1.82, 2.24) is 19.8 Å². The Bertz CT molecular complexity index is 734. The van der Waals surface area contributed by atoms with E-state index in [-0.39, 0.29) is 18.1 Å². The third-order valence-electron chi connectivity index (χ3n) is 4.52. The number of carbonyl (C=O) groups is 1. The monoisotopic (exact) mass is 320 g/mol. The van der Waals surface area contributed by atoms with Crippen molar-refractivity contribution in [1.29, 1.82) is 0 Å². The first kappa shape index (κ1) is 15.7. The van der Waals surface area contributed by atoms with E-state index in [1.54, 1.807) is 23.9 Å². The van der Waals surface area contributed by atoms with E-state index >= 15 is 0 Å². The highest BCUT2D eigenvalue weighted by Gasteiger charge is 2.38. The summed E-state index contributed by atoms with van der Waals surface area (Å²) in [5, 5.41) is 27.9. The van der Waals surface area contributed by atoms with Gasteiger partial charge in [0, 0.05) is 31.9 Å². The molecule has 0 spiro atoms. The first-order valence-corrected chi connectivity index (χ1v) is 7.45. The van der Waals surface area contributed by atoms with Gasteiger partial charge in [-0.1, -0.05) is 5.16 Å². The smallest absolute Gasteiger partial charge is 0.276 e. The van der Waals surface area contributed by atoms with E-state index in [1.807, 2.05) is 14.0 Å². The summed E-state index contributed by atoms with van der Waals surface area (Å²) in [4.78, 5) is 14.0. The molecule has 1 fully saturated rings. The van der Waals surface area contributed by atoms with E-state index < -0.39 is 11.7 Å². The molecule has 0 radical (unpaired) electrons. The summed E-state index contributed by atoms with van der Waals surface area (Å²) in [6.07, 6.45) is 0.991. The highest BCUT2D eigenvalue weighted by molar-refractivity contribution is 5.93. The average Bonchev–Trinajstić information content (AvgIpc) is 3.10. The van der Waals surface area contributed by atoms with Crippen molar-refractivity contribution >= 4 is 5.91 Å². The van der Waals surface area contributed by atoms with Gasteiger partial charge in [0.2, 0.25) is 0 Å². The SMILES string of the molecule is Cc1c(-c2cc(C(=O)N3CC[C@@](C)(O)[C@H](O)C3)no2)cnn1C. The first-order chi connectivity index (χ1) is 10.8. The fraction of sp³-hybridized carbons (Fsp3) is 0.533. The molecule has 8 nitrogen and oxygen atoms in total. The number of carbonyl (C=O) groups excluding carboxylic acids is 1. The number of amides is 1. The second-order valence-electron chi connectivity index (χ2n) is 6.22. The Morgan fingerprint density at radius 3 is 2.87 bits per heavy atom. The molecule has 8 heteroatoms. The van der Waals surface area contributed by atoms with Crippen LogP contribution < -0.4 is 0 Å². The van der Waals surface area contributed by atoms with Gasteiger partial charge < -0.3 is 19.6 Å².